The fraction of sp³-hybridized carbons (Fsp3) is 0.875. The van der Waals surface area contributed by atoms with Crippen molar-refractivity contribution in [2.75, 3.05) is 30.9 Å². The highest BCUT2D eigenvalue weighted by atomic mass is 32.3. The third kappa shape index (κ3) is 4.04. The SMILES string of the molecule is CS(=O)(=O)N=S1(=O)CCN(C(=O)C(F)(F)C(F)F)CC1. The van der Waals surface area contributed by atoms with Crippen molar-refractivity contribution in [2.45, 2.75) is 12.3 Å². The third-order valence-electron chi connectivity index (χ3n) is 2.48. The van der Waals surface area contributed by atoms with Gasteiger partial charge in [0.05, 0.1) is 27.5 Å². The highest BCUT2D eigenvalue weighted by Gasteiger charge is 2.51. The number of hydrogen-bond donors (Lipinski definition) is 0. The summed E-state index contributed by atoms with van der Waals surface area (Å²) in [6.07, 6.45) is -3.41. The molecule has 0 radical (unpaired) electrons. The molecule has 1 aliphatic heterocycles. The van der Waals surface area contributed by atoms with Crippen LogP contribution in [0.2, 0.25) is 0 Å². The maximum absolute atomic E-state index is 12.9. The molecule has 20 heavy (non-hydrogen) atoms. The van der Waals surface area contributed by atoms with Gasteiger partial charge in [-0.1, -0.05) is 0 Å². The number of sulfonamides is 1. The van der Waals surface area contributed by atoms with Gasteiger partial charge in [-0.25, -0.2) is 21.4 Å². The summed E-state index contributed by atoms with van der Waals surface area (Å²) in [5.41, 5.74) is 0. The fourth-order valence-corrected chi connectivity index (χ4v) is 5.33. The van der Waals surface area contributed by atoms with Gasteiger partial charge in [0.25, 0.3) is 15.9 Å². The van der Waals surface area contributed by atoms with Gasteiger partial charge in [-0.2, -0.15) is 8.78 Å². The monoisotopic (exact) mass is 340 g/mol. The zero-order valence-corrected chi connectivity index (χ0v) is 11.9. The molecule has 1 fully saturated rings. The molecule has 0 aliphatic carbocycles. The van der Waals surface area contributed by atoms with Crippen LogP contribution in [-0.4, -0.2) is 66.6 Å². The molecule has 1 saturated heterocycles. The lowest BCUT2D eigenvalue weighted by Gasteiger charge is -2.30. The van der Waals surface area contributed by atoms with Gasteiger partial charge < -0.3 is 4.90 Å². The van der Waals surface area contributed by atoms with E-state index in [2.05, 4.69) is 3.77 Å². The molecule has 6 nitrogen and oxygen atoms in total. The van der Waals surface area contributed by atoms with Crippen molar-refractivity contribution < 1.29 is 35.0 Å². The minimum atomic E-state index is -4.81. The summed E-state index contributed by atoms with van der Waals surface area (Å²) < 4.78 is 86.7. The second kappa shape index (κ2) is 5.47. The van der Waals surface area contributed by atoms with Gasteiger partial charge in [-0.15, -0.1) is 3.77 Å². The Morgan fingerprint density at radius 3 is 2.10 bits per heavy atom. The predicted molar refractivity (Wildman–Crippen MR) is 62.7 cm³/mol. The lowest BCUT2D eigenvalue weighted by atomic mass is 10.3. The van der Waals surface area contributed by atoms with Crippen LogP contribution in [0.4, 0.5) is 17.6 Å². The smallest absolute Gasteiger partial charge is 0.335 e. The van der Waals surface area contributed by atoms with E-state index in [1.54, 1.807) is 0 Å². The Morgan fingerprint density at radius 2 is 1.75 bits per heavy atom. The molecule has 12 heteroatoms. The molecular formula is C8H12F4N2O4S2. The van der Waals surface area contributed by atoms with E-state index in [1.165, 1.54) is 0 Å². The molecule has 1 rings (SSSR count). The maximum Gasteiger partial charge on any atom is 0.383 e. The van der Waals surface area contributed by atoms with Crippen LogP contribution in [0, 0.1) is 0 Å². The minimum absolute atomic E-state index is 0.438. The molecule has 0 aromatic rings. The molecule has 1 heterocycles. The first-order chi connectivity index (χ1) is 8.87. The lowest BCUT2D eigenvalue weighted by molar-refractivity contribution is -0.180. The van der Waals surface area contributed by atoms with Crippen molar-refractivity contribution in [3.8, 4) is 0 Å². The van der Waals surface area contributed by atoms with E-state index in [-0.39, 0.29) is 0 Å². The van der Waals surface area contributed by atoms with Gasteiger partial charge in [0, 0.05) is 13.1 Å². The Bertz CT molecular complexity index is 596. The first-order valence-corrected chi connectivity index (χ1v) is 8.97. The van der Waals surface area contributed by atoms with Gasteiger partial charge in [0.1, 0.15) is 0 Å². The van der Waals surface area contributed by atoms with Crippen molar-refractivity contribution in [3.63, 3.8) is 0 Å². The third-order valence-corrected chi connectivity index (χ3v) is 6.29. The normalized spacial score (nSPS) is 20.0. The van der Waals surface area contributed by atoms with Crippen LogP contribution in [0.3, 0.4) is 0 Å². The molecule has 0 unspecified atom stereocenters. The van der Waals surface area contributed by atoms with E-state index >= 15 is 0 Å². The number of nitrogens with zero attached hydrogens (tertiary/aromatic N) is 2. The Balaban J connectivity index is 2.85. The lowest BCUT2D eigenvalue weighted by Crippen LogP contribution is -2.52. The molecule has 0 spiro atoms. The molecular weight excluding hydrogens is 328 g/mol. The Kier molecular flexibility index (Phi) is 4.69. The van der Waals surface area contributed by atoms with Crippen LogP contribution >= 0.6 is 0 Å². The quantitative estimate of drug-likeness (QED) is 0.685. The van der Waals surface area contributed by atoms with Gasteiger partial charge >= 0.3 is 12.3 Å². The highest BCUT2D eigenvalue weighted by molar-refractivity contribution is 8.03. The van der Waals surface area contributed by atoms with Gasteiger partial charge in [-0.3, -0.25) is 4.79 Å². The van der Waals surface area contributed by atoms with E-state index in [4.69, 9.17) is 0 Å². The standard InChI is InChI=1S/C8H12F4N2O4S2/c1-19(16,17)13-20(18)4-2-14(3-5-20)7(15)8(11,12)6(9)10/h6H,2-5H2,1H3. The van der Waals surface area contributed by atoms with Gasteiger partial charge in [-0.05, 0) is 0 Å². The van der Waals surface area contributed by atoms with E-state index in [0.717, 1.165) is 6.26 Å². The molecule has 0 saturated carbocycles. The van der Waals surface area contributed by atoms with Crippen molar-refractivity contribution in [1.29, 1.82) is 0 Å². The number of rotatable bonds is 3. The zero-order chi connectivity index (χ0) is 15.8. The number of halogens is 4. The van der Waals surface area contributed by atoms with Crippen LogP contribution < -0.4 is 0 Å². The topological polar surface area (TPSA) is 83.9 Å². The van der Waals surface area contributed by atoms with Gasteiger partial charge in [0.15, 0.2) is 0 Å². The van der Waals surface area contributed by atoms with Crippen molar-refractivity contribution in [1.82, 2.24) is 4.90 Å². The molecule has 0 N–H and O–H groups in total. The number of alkyl halides is 4. The van der Waals surface area contributed by atoms with Crippen molar-refractivity contribution in [3.05, 3.63) is 0 Å². The molecule has 118 valence electrons. The van der Waals surface area contributed by atoms with E-state index in [1.807, 2.05) is 0 Å². The molecule has 1 aliphatic rings. The summed E-state index contributed by atoms with van der Waals surface area (Å²) in [6, 6.07) is 0. The number of amides is 1. The largest absolute Gasteiger partial charge is 0.383 e. The Hall–Kier alpha value is -0.910. The maximum atomic E-state index is 12.9. The van der Waals surface area contributed by atoms with Gasteiger partial charge in [0.2, 0.25) is 0 Å². The first kappa shape index (κ1) is 17.1. The van der Waals surface area contributed by atoms with E-state index in [9.17, 15) is 35.0 Å². The molecule has 0 bridgehead atoms. The Morgan fingerprint density at radius 1 is 1.30 bits per heavy atom. The first-order valence-electron chi connectivity index (χ1n) is 5.26. The van der Waals surface area contributed by atoms with Crippen LogP contribution in [0.5, 0.6) is 0 Å². The average Bonchev–Trinajstić information content (AvgIpc) is 2.25. The second-order valence-electron chi connectivity index (χ2n) is 4.20. The summed E-state index contributed by atoms with van der Waals surface area (Å²) in [4.78, 5) is 11.6. The Labute approximate surface area is 113 Å². The van der Waals surface area contributed by atoms with Crippen molar-refractivity contribution in [2.24, 2.45) is 3.77 Å². The molecule has 0 aromatic carbocycles. The summed E-state index contributed by atoms with van der Waals surface area (Å²) in [5, 5.41) is 0. The van der Waals surface area contributed by atoms with E-state index in [0.29, 0.717) is 4.90 Å². The summed E-state index contributed by atoms with van der Waals surface area (Å²) in [5.74, 6) is -7.78. The molecule has 0 atom stereocenters. The molecule has 1 amide bonds. The molecule has 0 aromatic heterocycles. The minimum Gasteiger partial charge on any atom is -0.335 e. The number of hydrogen-bond acceptors (Lipinski definition) is 4. The van der Waals surface area contributed by atoms with Crippen molar-refractivity contribution >= 4 is 25.7 Å². The number of carbonyl (C=O) groups excluding carboxylic acids is 1. The summed E-state index contributed by atoms with van der Waals surface area (Å²) in [7, 11) is -7.05. The highest BCUT2D eigenvalue weighted by Crippen LogP contribution is 2.26. The predicted octanol–water partition coefficient (Wildman–Crippen LogP) is 0.157. The van der Waals surface area contributed by atoms with Crippen LogP contribution in [0.1, 0.15) is 0 Å². The van der Waals surface area contributed by atoms with E-state index < -0.39 is 62.6 Å². The zero-order valence-electron chi connectivity index (χ0n) is 10.3. The second-order valence-corrected chi connectivity index (χ2v) is 8.63. The summed E-state index contributed by atoms with van der Waals surface area (Å²) >= 11 is 0. The number of carbonyl (C=O) groups is 1. The summed E-state index contributed by atoms with van der Waals surface area (Å²) in [6.45, 7) is -1.03. The van der Waals surface area contributed by atoms with Crippen LogP contribution in [0.15, 0.2) is 3.77 Å². The fourth-order valence-electron chi connectivity index (χ4n) is 1.55. The van der Waals surface area contributed by atoms with Crippen LogP contribution in [0.25, 0.3) is 0 Å². The average molecular weight is 340 g/mol. The van der Waals surface area contributed by atoms with Crippen LogP contribution in [-0.2, 0) is 24.5 Å².